The molecule has 2 heterocycles. The number of carbonyl (C=O) groups is 1. The first-order valence-corrected chi connectivity index (χ1v) is 9.88. The van der Waals surface area contributed by atoms with Gasteiger partial charge >= 0.3 is 5.97 Å². The second kappa shape index (κ2) is 6.62. The van der Waals surface area contributed by atoms with Crippen LogP contribution in [0.5, 0.6) is 0 Å². The molecule has 148 valence electrons. The lowest BCUT2D eigenvalue weighted by molar-refractivity contribution is -0.155. The Hall–Kier alpha value is -2.34. The average Bonchev–Trinajstić information content (AvgIpc) is 3.36. The zero-order valence-electron chi connectivity index (χ0n) is 16.3. The van der Waals surface area contributed by atoms with Crippen LogP contribution >= 0.6 is 11.6 Å². The van der Waals surface area contributed by atoms with Crippen LogP contribution in [-0.4, -0.2) is 21.1 Å². The molecule has 0 saturated heterocycles. The lowest BCUT2D eigenvalue weighted by Crippen LogP contribution is -2.37. The highest BCUT2D eigenvalue weighted by Gasteiger charge is 2.52. The van der Waals surface area contributed by atoms with Gasteiger partial charge in [0.15, 0.2) is 0 Å². The molecule has 1 fully saturated rings. The maximum Gasteiger partial charge on any atom is 0.326 e. The smallest absolute Gasteiger partial charge is 0.326 e. The molecule has 1 N–H and O–H groups in total. The summed E-state index contributed by atoms with van der Waals surface area (Å²) in [5.41, 5.74) is 1.52. The summed E-state index contributed by atoms with van der Waals surface area (Å²) in [6, 6.07) is 7.70. The molecule has 6 nitrogen and oxygen atoms in total. The van der Waals surface area contributed by atoms with Gasteiger partial charge in [0, 0.05) is 10.4 Å². The summed E-state index contributed by atoms with van der Waals surface area (Å²) in [7, 11) is 0. The molecular weight excluding hydrogens is 378 g/mol. The number of fused-ring (bicyclic) bond motifs is 2. The van der Waals surface area contributed by atoms with E-state index in [0.717, 1.165) is 30.5 Å². The first kappa shape index (κ1) is 19.0. The Balaban J connectivity index is 1.65. The molecule has 28 heavy (non-hydrogen) atoms. The number of hydrogen-bond acceptors (Lipinski definition) is 5. The van der Waals surface area contributed by atoms with Gasteiger partial charge in [0.2, 0.25) is 0 Å². The van der Waals surface area contributed by atoms with Crippen molar-refractivity contribution in [3.05, 3.63) is 57.2 Å². The van der Waals surface area contributed by atoms with E-state index in [1.807, 2.05) is 24.3 Å². The van der Waals surface area contributed by atoms with Gasteiger partial charge in [-0.05, 0) is 57.7 Å². The number of halogens is 1. The molecule has 2 aromatic rings. The molecule has 7 heteroatoms. The first-order valence-electron chi connectivity index (χ1n) is 9.51. The Kier molecular flexibility index (Phi) is 4.49. The van der Waals surface area contributed by atoms with Crippen molar-refractivity contribution in [3.8, 4) is 0 Å². The summed E-state index contributed by atoms with van der Waals surface area (Å²) in [5, 5.41) is 4.05. The van der Waals surface area contributed by atoms with E-state index in [2.05, 4.69) is 10.3 Å². The second-order valence-corrected chi connectivity index (χ2v) is 9.16. The van der Waals surface area contributed by atoms with Gasteiger partial charge in [-0.15, -0.1) is 0 Å². The van der Waals surface area contributed by atoms with Crippen LogP contribution in [0, 0.1) is 0 Å². The highest BCUT2D eigenvalue weighted by atomic mass is 35.5. The Morgan fingerprint density at radius 3 is 2.61 bits per heavy atom. The van der Waals surface area contributed by atoms with E-state index >= 15 is 0 Å². The number of benzene rings is 1. The molecular formula is C21H24ClN3O3. The lowest BCUT2D eigenvalue weighted by atomic mass is 9.85. The molecule has 1 aromatic carbocycles. The minimum absolute atomic E-state index is 0.0131. The molecule has 0 amide bonds. The minimum atomic E-state index is -0.599. The van der Waals surface area contributed by atoms with Crippen LogP contribution in [0.1, 0.15) is 57.3 Å². The number of hydrogen-bond donors (Lipinski definition) is 1. The molecule has 0 radical (unpaired) electrons. The Bertz CT molecular complexity index is 972. The molecule has 1 aliphatic heterocycles. The standard InChI is InChI=1S/C21H24ClN3O3/c1-20(2,3)28-16(26)11-25-12-23-18-17(19(25)27)24-15(10-21(18)8-9-21)13-4-6-14(22)7-5-13/h4-7,12,15,24H,8-11H2,1-3H3/t15-/m0/s1. The monoisotopic (exact) mass is 401 g/mol. The van der Waals surface area contributed by atoms with Gasteiger partial charge in [-0.3, -0.25) is 14.2 Å². The van der Waals surface area contributed by atoms with Crippen molar-refractivity contribution in [2.24, 2.45) is 0 Å². The van der Waals surface area contributed by atoms with E-state index < -0.39 is 11.6 Å². The van der Waals surface area contributed by atoms with E-state index in [9.17, 15) is 9.59 Å². The number of carbonyl (C=O) groups excluding carboxylic acids is 1. The Morgan fingerprint density at radius 1 is 1.32 bits per heavy atom. The number of anilines is 1. The number of aromatic nitrogens is 2. The van der Waals surface area contributed by atoms with Crippen molar-refractivity contribution in [1.29, 1.82) is 0 Å². The zero-order chi connectivity index (χ0) is 20.1. The van der Waals surface area contributed by atoms with Crippen LogP contribution in [0.15, 0.2) is 35.4 Å². The summed E-state index contributed by atoms with van der Waals surface area (Å²) in [6.07, 6.45) is 4.40. The summed E-state index contributed by atoms with van der Waals surface area (Å²) in [5.74, 6) is -0.456. The molecule has 1 atom stereocenters. The summed E-state index contributed by atoms with van der Waals surface area (Å²) >= 11 is 6.01. The van der Waals surface area contributed by atoms with Crippen LogP contribution in [0.3, 0.4) is 0 Å². The summed E-state index contributed by atoms with van der Waals surface area (Å²) in [4.78, 5) is 29.8. The SMILES string of the molecule is CC(C)(C)OC(=O)Cn1cnc2c(c1=O)N[C@H](c1ccc(Cl)cc1)CC21CC1. The molecule has 2 aliphatic rings. The van der Waals surface area contributed by atoms with Gasteiger partial charge in [-0.1, -0.05) is 23.7 Å². The van der Waals surface area contributed by atoms with Crippen molar-refractivity contribution in [1.82, 2.24) is 9.55 Å². The highest BCUT2D eigenvalue weighted by molar-refractivity contribution is 6.30. The van der Waals surface area contributed by atoms with Crippen LogP contribution in [0.25, 0.3) is 0 Å². The fourth-order valence-corrected chi connectivity index (χ4v) is 3.97. The maximum absolute atomic E-state index is 13.1. The Labute approximate surface area is 168 Å². The fraction of sp³-hybridized carbons (Fsp3) is 0.476. The van der Waals surface area contributed by atoms with Crippen LogP contribution in [-0.2, 0) is 21.5 Å². The number of nitrogens with zero attached hydrogens (tertiary/aromatic N) is 2. The molecule has 0 unspecified atom stereocenters. The van der Waals surface area contributed by atoms with E-state index in [1.54, 1.807) is 20.8 Å². The number of rotatable bonds is 3. The van der Waals surface area contributed by atoms with Crippen molar-refractivity contribution in [2.75, 3.05) is 5.32 Å². The van der Waals surface area contributed by atoms with Crippen LogP contribution < -0.4 is 10.9 Å². The summed E-state index contributed by atoms with van der Waals surface area (Å²) in [6.45, 7) is 5.24. The van der Waals surface area contributed by atoms with Gasteiger partial charge < -0.3 is 10.1 Å². The third-order valence-electron chi connectivity index (χ3n) is 5.30. The van der Waals surface area contributed by atoms with E-state index in [4.69, 9.17) is 16.3 Å². The quantitative estimate of drug-likeness (QED) is 0.791. The van der Waals surface area contributed by atoms with Gasteiger partial charge in [0.1, 0.15) is 17.8 Å². The third-order valence-corrected chi connectivity index (χ3v) is 5.55. The number of ether oxygens (including phenoxy) is 1. The molecule has 1 aliphatic carbocycles. The lowest BCUT2D eigenvalue weighted by Gasteiger charge is -2.32. The molecule has 4 rings (SSSR count). The van der Waals surface area contributed by atoms with Crippen molar-refractivity contribution in [2.45, 2.75) is 63.6 Å². The van der Waals surface area contributed by atoms with Crippen molar-refractivity contribution < 1.29 is 9.53 Å². The molecule has 1 aromatic heterocycles. The third kappa shape index (κ3) is 3.65. The molecule has 1 spiro atoms. The topological polar surface area (TPSA) is 73.2 Å². The predicted molar refractivity (Wildman–Crippen MR) is 108 cm³/mol. The second-order valence-electron chi connectivity index (χ2n) is 8.72. The predicted octanol–water partition coefficient (Wildman–Crippen LogP) is 3.83. The van der Waals surface area contributed by atoms with Crippen LogP contribution in [0.2, 0.25) is 5.02 Å². The van der Waals surface area contributed by atoms with Crippen molar-refractivity contribution in [3.63, 3.8) is 0 Å². The van der Waals surface area contributed by atoms with E-state index in [-0.39, 0.29) is 23.6 Å². The molecule has 1 saturated carbocycles. The van der Waals surface area contributed by atoms with Crippen molar-refractivity contribution >= 4 is 23.3 Å². The Morgan fingerprint density at radius 2 is 2.00 bits per heavy atom. The van der Waals surface area contributed by atoms with Gasteiger partial charge in [-0.2, -0.15) is 0 Å². The normalized spacial score (nSPS) is 19.6. The number of esters is 1. The number of nitrogens with one attached hydrogen (secondary N) is 1. The van der Waals surface area contributed by atoms with E-state index in [1.165, 1.54) is 10.9 Å². The van der Waals surface area contributed by atoms with Crippen LogP contribution in [0.4, 0.5) is 5.69 Å². The fourth-order valence-electron chi connectivity index (χ4n) is 3.85. The first-order chi connectivity index (χ1) is 13.2. The van der Waals surface area contributed by atoms with E-state index in [0.29, 0.717) is 10.7 Å². The minimum Gasteiger partial charge on any atom is -0.459 e. The largest absolute Gasteiger partial charge is 0.459 e. The highest BCUT2D eigenvalue weighted by Crippen LogP contribution is 2.57. The maximum atomic E-state index is 13.1. The zero-order valence-corrected chi connectivity index (χ0v) is 17.0. The summed E-state index contributed by atoms with van der Waals surface area (Å²) < 4.78 is 6.66. The average molecular weight is 402 g/mol. The van der Waals surface area contributed by atoms with Gasteiger partial charge in [0.25, 0.3) is 5.56 Å². The molecule has 0 bridgehead atoms. The van der Waals surface area contributed by atoms with Gasteiger partial charge in [0.05, 0.1) is 18.1 Å². The van der Waals surface area contributed by atoms with Gasteiger partial charge in [-0.25, -0.2) is 4.98 Å².